The highest BCUT2D eigenvalue weighted by Gasteiger charge is 2.27. The molecule has 0 unspecified atom stereocenters. The Morgan fingerprint density at radius 2 is 1.47 bits per heavy atom. The number of rotatable bonds is 4. The minimum atomic E-state index is -1.34. The molecule has 0 aromatic rings. The van der Waals surface area contributed by atoms with Crippen LogP contribution < -0.4 is 0 Å². The minimum absolute atomic E-state index is 0.0289. The first-order valence-electron chi connectivity index (χ1n) is 4.45. The molecule has 1 fully saturated rings. The van der Waals surface area contributed by atoms with Gasteiger partial charge in [0.25, 0.3) is 0 Å². The van der Waals surface area contributed by atoms with Gasteiger partial charge in [-0.2, -0.15) is 0 Å². The van der Waals surface area contributed by atoms with Gasteiger partial charge in [0.05, 0.1) is 12.2 Å². The molecule has 0 amide bonds. The van der Waals surface area contributed by atoms with Crippen molar-refractivity contribution < 1.29 is 34.0 Å². The minimum Gasteiger partial charge on any atom is -0.450 e. The summed E-state index contributed by atoms with van der Waals surface area (Å²) >= 11 is 0. The van der Waals surface area contributed by atoms with Gasteiger partial charge >= 0.3 is 12.3 Å². The van der Waals surface area contributed by atoms with Gasteiger partial charge in [0.15, 0.2) is 0 Å². The molecule has 0 aliphatic carbocycles. The smallest absolute Gasteiger partial charge is 0.450 e. The maximum absolute atomic E-state index is 10.1. The van der Waals surface area contributed by atoms with Crippen LogP contribution in [0.3, 0.4) is 0 Å². The van der Waals surface area contributed by atoms with Crippen LogP contribution in [0.4, 0.5) is 9.59 Å². The fraction of sp³-hybridized carbons (Fsp3) is 0.750. The highest BCUT2D eigenvalue weighted by Crippen LogP contribution is 2.20. The zero-order valence-electron chi connectivity index (χ0n) is 7.92. The van der Waals surface area contributed by atoms with Gasteiger partial charge in [0.1, 0.15) is 13.2 Å². The summed E-state index contributed by atoms with van der Waals surface area (Å²) in [4.78, 5) is 20.1. The second-order valence-electron chi connectivity index (χ2n) is 3.11. The van der Waals surface area contributed by atoms with Crippen LogP contribution in [0.5, 0.6) is 0 Å². The monoisotopic (exact) mass is 220 g/mol. The van der Waals surface area contributed by atoms with Gasteiger partial charge in [-0.3, -0.25) is 0 Å². The highest BCUT2D eigenvalue weighted by atomic mass is 16.7. The van der Waals surface area contributed by atoms with E-state index >= 15 is 0 Å². The van der Waals surface area contributed by atoms with Gasteiger partial charge < -0.3 is 24.4 Å². The first-order chi connectivity index (χ1) is 7.08. The number of carboxylic acid groups (broad SMARTS) is 2. The summed E-state index contributed by atoms with van der Waals surface area (Å²) in [6.45, 7) is -0.0577. The van der Waals surface area contributed by atoms with E-state index in [1.807, 2.05) is 0 Å². The van der Waals surface area contributed by atoms with E-state index in [9.17, 15) is 9.59 Å². The van der Waals surface area contributed by atoms with Crippen LogP contribution in [-0.2, 0) is 14.2 Å². The molecule has 1 saturated heterocycles. The van der Waals surface area contributed by atoms with Crippen LogP contribution in [0.1, 0.15) is 12.8 Å². The molecule has 1 aliphatic rings. The normalized spacial score (nSPS) is 24.8. The van der Waals surface area contributed by atoms with Crippen molar-refractivity contribution in [1.82, 2.24) is 0 Å². The van der Waals surface area contributed by atoms with Crippen LogP contribution in [0, 0.1) is 0 Å². The first-order valence-corrected chi connectivity index (χ1v) is 4.45. The Hall–Kier alpha value is -1.50. The van der Waals surface area contributed by atoms with E-state index in [4.69, 9.17) is 14.9 Å². The quantitative estimate of drug-likeness (QED) is 0.679. The van der Waals surface area contributed by atoms with Crippen molar-refractivity contribution in [1.29, 1.82) is 0 Å². The predicted octanol–water partition coefficient (Wildman–Crippen LogP) is 0.923. The third kappa shape index (κ3) is 4.50. The second-order valence-corrected chi connectivity index (χ2v) is 3.11. The maximum Gasteiger partial charge on any atom is 0.505 e. The Balaban J connectivity index is 2.15. The van der Waals surface area contributed by atoms with E-state index in [2.05, 4.69) is 9.47 Å². The van der Waals surface area contributed by atoms with Gasteiger partial charge in [-0.15, -0.1) is 0 Å². The van der Waals surface area contributed by atoms with E-state index < -0.39 is 12.3 Å². The lowest BCUT2D eigenvalue weighted by atomic mass is 10.2. The van der Waals surface area contributed by atoms with Crippen LogP contribution in [0.15, 0.2) is 0 Å². The zero-order chi connectivity index (χ0) is 11.3. The van der Waals surface area contributed by atoms with Gasteiger partial charge in [-0.05, 0) is 12.8 Å². The fourth-order valence-electron chi connectivity index (χ4n) is 1.35. The summed E-state index contributed by atoms with van der Waals surface area (Å²) in [5.41, 5.74) is 0. The van der Waals surface area contributed by atoms with E-state index in [1.165, 1.54) is 0 Å². The van der Waals surface area contributed by atoms with Crippen molar-refractivity contribution in [3.05, 3.63) is 0 Å². The molecular weight excluding hydrogens is 208 g/mol. The predicted molar refractivity (Wildman–Crippen MR) is 45.8 cm³/mol. The molecule has 1 heterocycles. The molecule has 7 heteroatoms. The fourth-order valence-corrected chi connectivity index (χ4v) is 1.35. The average Bonchev–Trinajstić information content (AvgIpc) is 2.59. The molecule has 0 spiro atoms. The van der Waals surface area contributed by atoms with E-state index in [-0.39, 0.29) is 25.4 Å². The molecule has 0 saturated carbocycles. The average molecular weight is 220 g/mol. The standard InChI is InChI=1S/C8H12O7/c9-7(10)13-3-5-1-2-6(15-5)4-14-8(11)12/h5-6H,1-4H2,(H,9,10)(H,11,12)/t5-,6+. The number of carbonyl (C=O) groups is 2. The molecule has 0 aromatic carbocycles. The topological polar surface area (TPSA) is 102 Å². The third-order valence-corrected chi connectivity index (χ3v) is 1.98. The molecule has 0 radical (unpaired) electrons. The zero-order valence-corrected chi connectivity index (χ0v) is 7.92. The highest BCUT2D eigenvalue weighted by molar-refractivity contribution is 5.57. The lowest BCUT2D eigenvalue weighted by Crippen LogP contribution is -2.22. The molecule has 2 N–H and O–H groups in total. The molecule has 1 rings (SSSR count). The van der Waals surface area contributed by atoms with Crippen LogP contribution in [0.25, 0.3) is 0 Å². The first kappa shape index (κ1) is 11.6. The van der Waals surface area contributed by atoms with Gasteiger partial charge in [-0.1, -0.05) is 0 Å². The molecule has 15 heavy (non-hydrogen) atoms. The second kappa shape index (κ2) is 5.40. The van der Waals surface area contributed by atoms with Crippen molar-refractivity contribution in [3.8, 4) is 0 Å². The Labute approximate surface area is 85.5 Å². The largest absolute Gasteiger partial charge is 0.505 e. The summed E-state index contributed by atoms with van der Waals surface area (Å²) in [5.74, 6) is 0. The molecule has 0 aromatic heterocycles. The summed E-state index contributed by atoms with van der Waals surface area (Å²) in [7, 11) is 0. The van der Waals surface area contributed by atoms with Crippen molar-refractivity contribution >= 4 is 12.3 Å². The number of ether oxygens (including phenoxy) is 3. The van der Waals surface area contributed by atoms with Crippen LogP contribution >= 0.6 is 0 Å². The third-order valence-electron chi connectivity index (χ3n) is 1.98. The van der Waals surface area contributed by atoms with Gasteiger partial charge in [0, 0.05) is 0 Å². The Morgan fingerprint density at radius 3 is 1.80 bits per heavy atom. The van der Waals surface area contributed by atoms with Crippen LogP contribution in [-0.4, -0.2) is 47.9 Å². The maximum atomic E-state index is 10.1. The Bertz CT molecular complexity index is 215. The van der Waals surface area contributed by atoms with Crippen molar-refractivity contribution in [3.63, 3.8) is 0 Å². The Kier molecular flexibility index (Phi) is 4.17. The molecular formula is C8H12O7. The summed E-state index contributed by atoms with van der Waals surface area (Å²) < 4.78 is 14.0. The lowest BCUT2D eigenvalue weighted by molar-refractivity contribution is -0.0320. The lowest BCUT2D eigenvalue weighted by Gasteiger charge is -2.12. The SMILES string of the molecule is O=C(O)OC[C@H]1CC[C@@H](COC(=O)O)O1. The summed E-state index contributed by atoms with van der Waals surface area (Å²) in [5, 5.41) is 16.5. The molecule has 7 nitrogen and oxygen atoms in total. The number of hydrogen-bond acceptors (Lipinski definition) is 5. The molecule has 0 bridgehead atoms. The summed E-state index contributed by atoms with van der Waals surface area (Å²) in [6.07, 6.45) is -2.01. The van der Waals surface area contributed by atoms with Crippen molar-refractivity contribution in [2.75, 3.05) is 13.2 Å². The van der Waals surface area contributed by atoms with Gasteiger partial charge in [-0.25, -0.2) is 9.59 Å². The van der Waals surface area contributed by atoms with Crippen LogP contribution in [0.2, 0.25) is 0 Å². The van der Waals surface area contributed by atoms with E-state index in [1.54, 1.807) is 0 Å². The van der Waals surface area contributed by atoms with Crippen molar-refractivity contribution in [2.45, 2.75) is 25.0 Å². The number of hydrogen-bond donors (Lipinski definition) is 2. The molecule has 1 aliphatic heterocycles. The van der Waals surface area contributed by atoms with Gasteiger partial charge in [0.2, 0.25) is 0 Å². The Morgan fingerprint density at radius 1 is 1.07 bits per heavy atom. The molecule has 86 valence electrons. The summed E-state index contributed by atoms with van der Waals surface area (Å²) in [6, 6.07) is 0. The van der Waals surface area contributed by atoms with Crippen molar-refractivity contribution in [2.24, 2.45) is 0 Å². The molecule has 2 atom stereocenters. The van der Waals surface area contributed by atoms with E-state index in [0.717, 1.165) is 0 Å². The van der Waals surface area contributed by atoms with E-state index in [0.29, 0.717) is 12.8 Å².